The van der Waals surface area contributed by atoms with Gasteiger partial charge in [-0.15, -0.1) is 0 Å². The largest absolute Gasteiger partial charge is 0.441 e. The van der Waals surface area contributed by atoms with Crippen LogP contribution in [-0.2, 0) is 0 Å². The van der Waals surface area contributed by atoms with Gasteiger partial charge in [-0.25, -0.2) is 9.97 Å². The van der Waals surface area contributed by atoms with Gasteiger partial charge in [0.2, 0.25) is 5.71 Å². The quantitative estimate of drug-likeness (QED) is 0.729. The monoisotopic (exact) mass is 220 g/mol. The van der Waals surface area contributed by atoms with Crippen LogP contribution in [0.4, 0.5) is 0 Å². The molecule has 0 unspecified atom stereocenters. The summed E-state index contributed by atoms with van der Waals surface area (Å²) in [5.41, 5.74) is 3.59. The molecule has 16 heavy (non-hydrogen) atoms. The molecule has 0 spiro atoms. The van der Waals surface area contributed by atoms with Gasteiger partial charge < -0.3 is 4.42 Å². The minimum Gasteiger partial charge on any atom is -0.441 e. The van der Waals surface area contributed by atoms with Crippen molar-refractivity contribution in [3.63, 3.8) is 0 Å². The summed E-state index contributed by atoms with van der Waals surface area (Å²) >= 11 is 0. The summed E-state index contributed by atoms with van der Waals surface area (Å²) < 4.78 is 5.64. The van der Waals surface area contributed by atoms with E-state index in [0.717, 1.165) is 22.5 Å². The second-order valence-corrected chi connectivity index (χ2v) is 3.91. The lowest BCUT2D eigenvalue weighted by atomic mass is 10.1. The van der Waals surface area contributed by atoms with E-state index in [1.807, 2.05) is 27.7 Å². The minimum absolute atomic E-state index is 0.381. The summed E-state index contributed by atoms with van der Waals surface area (Å²) in [7, 11) is 0. The van der Waals surface area contributed by atoms with E-state index in [1.165, 1.54) is 0 Å². The Morgan fingerprint density at radius 2 is 1.81 bits per heavy atom. The van der Waals surface area contributed by atoms with E-state index in [2.05, 4.69) is 23.8 Å². The third-order valence-corrected chi connectivity index (χ3v) is 2.32. The summed E-state index contributed by atoms with van der Waals surface area (Å²) in [6.45, 7) is 12.2. The SMILES string of the molecule is CC.Cc1cnc2oc(C(C)C)c(C)c2n1. The van der Waals surface area contributed by atoms with Gasteiger partial charge in [0.1, 0.15) is 11.3 Å². The zero-order valence-corrected chi connectivity index (χ0v) is 11.0. The highest BCUT2D eigenvalue weighted by Crippen LogP contribution is 2.27. The summed E-state index contributed by atoms with van der Waals surface area (Å²) in [5, 5.41) is 0. The highest BCUT2D eigenvalue weighted by Gasteiger charge is 2.15. The lowest BCUT2D eigenvalue weighted by Gasteiger charge is -1.99. The molecule has 0 atom stereocenters. The van der Waals surface area contributed by atoms with Crippen molar-refractivity contribution in [1.29, 1.82) is 0 Å². The number of aryl methyl sites for hydroxylation is 2. The first-order valence-corrected chi connectivity index (χ1v) is 5.82. The number of rotatable bonds is 1. The Bertz CT molecular complexity index is 472. The van der Waals surface area contributed by atoms with Crippen molar-refractivity contribution in [3.05, 3.63) is 23.2 Å². The van der Waals surface area contributed by atoms with Crippen molar-refractivity contribution in [2.45, 2.75) is 47.5 Å². The molecule has 2 rings (SSSR count). The van der Waals surface area contributed by atoms with Crippen molar-refractivity contribution in [1.82, 2.24) is 9.97 Å². The lowest BCUT2D eigenvalue weighted by Crippen LogP contribution is -1.87. The van der Waals surface area contributed by atoms with Crippen LogP contribution in [0.1, 0.15) is 50.6 Å². The molecule has 0 aromatic carbocycles. The second-order valence-electron chi connectivity index (χ2n) is 3.91. The highest BCUT2D eigenvalue weighted by atomic mass is 16.3. The molecule has 0 bridgehead atoms. The van der Waals surface area contributed by atoms with Crippen LogP contribution in [0.3, 0.4) is 0 Å². The van der Waals surface area contributed by atoms with Gasteiger partial charge in [0.15, 0.2) is 0 Å². The first-order chi connectivity index (χ1) is 7.59. The zero-order chi connectivity index (χ0) is 12.3. The zero-order valence-electron chi connectivity index (χ0n) is 11.0. The van der Waals surface area contributed by atoms with Crippen molar-refractivity contribution in [3.8, 4) is 0 Å². The Labute approximate surface area is 96.9 Å². The molecular formula is C13H20N2O. The molecule has 88 valence electrons. The number of aromatic nitrogens is 2. The number of hydrogen-bond acceptors (Lipinski definition) is 3. The average Bonchev–Trinajstić information content (AvgIpc) is 2.59. The van der Waals surface area contributed by atoms with E-state index >= 15 is 0 Å². The van der Waals surface area contributed by atoms with Crippen LogP contribution >= 0.6 is 0 Å². The van der Waals surface area contributed by atoms with Gasteiger partial charge in [0.05, 0.1) is 11.9 Å². The van der Waals surface area contributed by atoms with Crippen LogP contribution in [0.5, 0.6) is 0 Å². The number of nitrogens with zero attached hydrogens (tertiary/aromatic N) is 2. The van der Waals surface area contributed by atoms with E-state index in [1.54, 1.807) is 6.20 Å². The molecule has 3 heteroatoms. The van der Waals surface area contributed by atoms with Gasteiger partial charge in [-0.05, 0) is 13.8 Å². The normalized spacial score (nSPS) is 10.4. The van der Waals surface area contributed by atoms with Crippen LogP contribution in [0.2, 0.25) is 0 Å². The maximum Gasteiger partial charge on any atom is 0.245 e. The second kappa shape index (κ2) is 5.10. The standard InChI is InChI=1S/C11H14N2O.C2H6/c1-6(2)10-8(4)9-11(14-10)12-5-7(3)13-9;1-2/h5-6H,1-4H3;1-2H3. The lowest BCUT2D eigenvalue weighted by molar-refractivity contribution is 0.510. The molecular weight excluding hydrogens is 200 g/mol. The molecule has 2 aromatic heterocycles. The smallest absolute Gasteiger partial charge is 0.245 e. The molecule has 0 aliphatic rings. The van der Waals surface area contributed by atoms with Crippen LogP contribution in [0, 0.1) is 13.8 Å². The van der Waals surface area contributed by atoms with Crippen molar-refractivity contribution in [2.24, 2.45) is 0 Å². The van der Waals surface area contributed by atoms with Crippen molar-refractivity contribution >= 4 is 11.2 Å². The Morgan fingerprint density at radius 1 is 1.19 bits per heavy atom. The van der Waals surface area contributed by atoms with Crippen molar-refractivity contribution < 1.29 is 4.42 Å². The van der Waals surface area contributed by atoms with Crippen LogP contribution < -0.4 is 0 Å². The molecule has 0 radical (unpaired) electrons. The van der Waals surface area contributed by atoms with Gasteiger partial charge in [0, 0.05) is 11.5 Å². The Kier molecular flexibility index (Phi) is 4.05. The summed E-state index contributed by atoms with van der Waals surface area (Å²) in [4.78, 5) is 8.64. The number of hydrogen-bond donors (Lipinski definition) is 0. The molecule has 0 aliphatic carbocycles. The maximum absolute atomic E-state index is 5.64. The van der Waals surface area contributed by atoms with Crippen LogP contribution in [0.15, 0.2) is 10.6 Å². The fourth-order valence-electron chi connectivity index (χ4n) is 1.63. The minimum atomic E-state index is 0.381. The van der Waals surface area contributed by atoms with E-state index in [4.69, 9.17) is 4.42 Å². The molecule has 3 nitrogen and oxygen atoms in total. The van der Waals surface area contributed by atoms with Gasteiger partial charge in [-0.3, -0.25) is 0 Å². The topological polar surface area (TPSA) is 38.9 Å². The third-order valence-electron chi connectivity index (χ3n) is 2.32. The fourth-order valence-corrected chi connectivity index (χ4v) is 1.63. The molecule has 0 amide bonds. The molecule has 0 saturated carbocycles. The molecule has 0 saturated heterocycles. The average molecular weight is 220 g/mol. The van der Waals surface area contributed by atoms with E-state index in [-0.39, 0.29) is 0 Å². The van der Waals surface area contributed by atoms with Gasteiger partial charge in [0.25, 0.3) is 0 Å². The Balaban J connectivity index is 0.000000606. The van der Waals surface area contributed by atoms with E-state index in [9.17, 15) is 0 Å². The number of fused-ring (bicyclic) bond motifs is 1. The molecule has 0 aliphatic heterocycles. The molecule has 2 heterocycles. The van der Waals surface area contributed by atoms with Gasteiger partial charge in [-0.2, -0.15) is 0 Å². The highest BCUT2D eigenvalue weighted by molar-refractivity contribution is 5.74. The van der Waals surface area contributed by atoms with E-state index in [0.29, 0.717) is 11.6 Å². The summed E-state index contributed by atoms with van der Waals surface area (Å²) in [6, 6.07) is 0. The van der Waals surface area contributed by atoms with Crippen molar-refractivity contribution in [2.75, 3.05) is 0 Å². The molecule has 0 N–H and O–H groups in total. The maximum atomic E-state index is 5.64. The molecule has 0 fully saturated rings. The summed E-state index contributed by atoms with van der Waals surface area (Å²) in [5.74, 6) is 1.37. The van der Waals surface area contributed by atoms with Crippen LogP contribution in [0.25, 0.3) is 11.2 Å². The van der Waals surface area contributed by atoms with E-state index < -0.39 is 0 Å². The Hall–Kier alpha value is -1.38. The first kappa shape index (κ1) is 12.7. The third kappa shape index (κ3) is 2.23. The first-order valence-electron chi connectivity index (χ1n) is 5.82. The van der Waals surface area contributed by atoms with Gasteiger partial charge >= 0.3 is 0 Å². The molecule has 2 aromatic rings. The summed E-state index contributed by atoms with van der Waals surface area (Å²) in [6.07, 6.45) is 1.73. The fraction of sp³-hybridized carbons (Fsp3) is 0.538. The van der Waals surface area contributed by atoms with Gasteiger partial charge in [-0.1, -0.05) is 27.7 Å². The predicted octanol–water partition coefficient (Wildman–Crippen LogP) is 3.99. The predicted molar refractivity (Wildman–Crippen MR) is 66.7 cm³/mol. The number of furan rings is 1. The van der Waals surface area contributed by atoms with Crippen LogP contribution in [-0.4, -0.2) is 9.97 Å². The Morgan fingerprint density at radius 3 is 2.38 bits per heavy atom.